The molecule has 2 unspecified atom stereocenters. The van der Waals surface area contributed by atoms with E-state index in [0.29, 0.717) is 38.0 Å². The van der Waals surface area contributed by atoms with E-state index in [-0.39, 0.29) is 23.6 Å². The van der Waals surface area contributed by atoms with Crippen molar-refractivity contribution >= 4 is 17.7 Å². The summed E-state index contributed by atoms with van der Waals surface area (Å²) in [6.07, 6.45) is 4.69. The van der Waals surface area contributed by atoms with Crippen LogP contribution < -0.4 is 5.73 Å². The number of carbonyl (C=O) groups is 3. The molecule has 0 bridgehead atoms. The lowest BCUT2D eigenvalue weighted by Gasteiger charge is -2.40. The van der Waals surface area contributed by atoms with Gasteiger partial charge in [-0.05, 0) is 64.0 Å². The number of aryl methyl sites for hydroxylation is 2. The Morgan fingerprint density at radius 2 is 1.71 bits per heavy atom. The van der Waals surface area contributed by atoms with Crippen LogP contribution in [0.3, 0.4) is 0 Å². The summed E-state index contributed by atoms with van der Waals surface area (Å²) in [5.41, 5.74) is 8.10. The number of hydrogen-bond acceptors (Lipinski definition) is 3. The first-order valence-electron chi connectivity index (χ1n) is 10.3. The second-order valence-corrected chi connectivity index (χ2v) is 8.35. The number of nitrogens with zero attached hydrogens (tertiary/aromatic N) is 2. The smallest absolute Gasteiger partial charge is 0.254 e. The monoisotopic (exact) mass is 385 g/mol. The van der Waals surface area contributed by atoms with Gasteiger partial charge in [0.1, 0.15) is 6.04 Å². The van der Waals surface area contributed by atoms with Crippen LogP contribution in [0, 0.1) is 19.8 Å². The third-order valence-electron chi connectivity index (χ3n) is 5.84. The molecular formula is C22H31N3O3. The predicted octanol–water partition coefficient (Wildman–Crippen LogP) is 2.41. The normalized spacial score (nSPS) is 22.8. The van der Waals surface area contributed by atoms with E-state index in [1.807, 2.05) is 36.9 Å². The number of nitrogens with two attached hydrogens (primary N) is 1. The van der Waals surface area contributed by atoms with Gasteiger partial charge in [0.2, 0.25) is 11.8 Å². The molecule has 2 aliphatic rings. The van der Waals surface area contributed by atoms with Gasteiger partial charge in [-0.1, -0.05) is 17.2 Å². The molecule has 2 saturated heterocycles. The highest BCUT2D eigenvalue weighted by atomic mass is 16.2. The molecule has 0 aromatic heterocycles. The molecule has 0 spiro atoms. The summed E-state index contributed by atoms with van der Waals surface area (Å²) in [5, 5.41) is 0. The van der Waals surface area contributed by atoms with Crippen molar-refractivity contribution < 1.29 is 14.4 Å². The minimum atomic E-state index is -0.408. The van der Waals surface area contributed by atoms with Gasteiger partial charge >= 0.3 is 0 Å². The molecule has 6 heteroatoms. The lowest BCUT2D eigenvalue weighted by molar-refractivity contribution is -0.139. The average molecular weight is 386 g/mol. The minimum absolute atomic E-state index is 0.0200. The fraction of sp³-hybridized carbons (Fsp3) is 0.591. The molecule has 1 aromatic rings. The molecule has 2 N–H and O–H groups in total. The molecule has 3 amide bonds. The van der Waals surface area contributed by atoms with Crippen LogP contribution in [0.15, 0.2) is 18.2 Å². The predicted molar refractivity (Wildman–Crippen MR) is 108 cm³/mol. The molecule has 1 aromatic carbocycles. The van der Waals surface area contributed by atoms with Gasteiger partial charge in [-0.3, -0.25) is 14.4 Å². The molecule has 3 rings (SSSR count). The lowest BCUT2D eigenvalue weighted by atomic mass is 9.92. The third kappa shape index (κ3) is 4.72. The maximum absolute atomic E-state index is 13.3. The molecule has 152 valence electrons. The largest absolute Gasteiger partial charge is 0.370 e. The van der Waals surface area contributed by atoms with Crippen molar-refractivity contribution in [3.8, 4) is 0 Å². The summed E-state index contributed by atoms with van der Waals surface area (Å²) >= 11 is 0. The summed E-state index contributed by atoms with van der Waals surface area (Å²) in [5.74, 6) is -0.229. The van der Waals surface area contributed by atoms with Crippen LogP contribution in [0.25, 0.3) is 0 Å². The van der Waals surface area contributed by atoms with E-state index in [2.05, 4.69) is 0 Å². The first kappa shape index (κ1) is 20.4. The number of benzene rings is 1. The van der Waals surface area contributed by atoms with Gasteiger partial charge in [0, 0.05) is 31.6 Å². The zero-order valence-electron chi connectivity index (χ0n) is 16.9. The highest BCUT2D eigenvalue weighted by Crippen LogP contribution is 2.26. The summed E-state index contributed by atoms with van der Waals surface area (Å²) in [4.78, 5) is 41.4. The van der Waals surface area contributed by atoms with E-state index in [1.54, 1.807) is 4.90 Å². The fourth-order valence-electron chi connectivity index (χ4n) is 4.62. The van der Waals surface area contributed by atoms with Crippen molar-refractivity contribution in [1.82, 2.24) is 9.80 Å². The number of likely N-dealkylation sites (tertiary alicyclic amines) is 2. The van der Waals surface area contributed by atoms with Gasteiger partial charge in [-0.2, -0.15) is 0 Å². The first-order chi connectivity index (χ1) is 13.3. The molecule has 28 heavy (non-hydrogen) atoms. The molecule has 2 aliphatic heterocycles. The van der Waals surface area contributed by atoms with Crippen molar-refractivity contribution in [2.75, 3.05) is 19.6 Å². The number of amides is 3. The second-order valence-electron chi connectivity index (χ2n) is 8.35. The van der Waals surface area contributed by atoms with Crippen molar-refractivity contribution in [3.63, 3.8) is 0 Å². The average Bonchev–Trinajstić information content (AvgIpc) is 2.66. The number of hydrogen-bond donors (Lipinski definition) is 1. The van der Waals surface area contributed by atoms with Crippen LogP contribution in [0.2, 0.25) is 0 Å². The summed E-state index contributed by atoms with van der Waals surface area (Å²) in [7, 11) is 0. The molecule has 2 heterocycles. The Bertz CT molecular complexity index is 741. The van der Waals surface area contributed by atoms with Crippen LogP contribution in [-0.4, -0.2) is 53.2 Å². The highest BCUT2D eigenvalue weighted by Gasteiger charge is 2.36. The summed E-state index contributed by atoms with van der Waals surface area (Å²) in [6, 6.07) is 5.43. The molecule has 0 saturated carbocycles. The maximum Gasteiger partial charge on any atom is 0.254 e. The Balaban J connectivity index is 1.76. The quantitative estimate of drug-likeness (QED) is 0.864. The van der Waals surface area contributed by atoms with Gasteiger partial charge in [-0.25, -0.2) is 0 Å². The van der Waals surface area contributed by atoms with Gasteiger partial charge in [-0.15, -0.1) is 0 Å². The Morgan fingerprint density at radius 1 is 1.00 bits per heavy atom. The lowest BCUT2D eigenvalue weighted by Crippen LogP contribution is -2.55. The Hall–Kier alpha value is -2.37. The van der Waals surface area contributed by atoms with Crippen LogP contribution in [-0.2, 0) is 9.59 Å². The maximum atomic E-state index is 13.3. The van der Waals surface area contributed by atoms with E-state index < -0.39 is 6.04 Å². The van der Waals surface area contributed by atoms with Crippen molar-refractivity contribution in [3.05, 3.63) is 34.9 Å². The van der Waals surface area contributed by atoms with Crippen LogP contribution in [0.4, 0.5) is 0 Å². The van der Waals surface area contributed by atoms with E-state index >= 15 is 0 Å². The number of primary amides is 1. The zero-order chi connectivity index (χ0) is 20.3. The number of piperidine rings is 2. The third-order valence-corrected chi connectivity index (χ3v) is 5.84. The Kier molecular flexibility index (Phi) is 6.37. The Labute approximate surface area is 167 Å². The van der Waals surface area contributed by atoms with Gasteiger partial charge in [0.25, 0.3) is 5.91 Å². The standard InChI is InChI=1S/C22H31N3O3/c1-15-10-16(2)12-18(11-15)21(27)25-9-4-3-7-19(25)22(28)24-8-5-6-17(14-24)13-20(23)26/h10-12,17,19H,3-9,13-14H2,1-2H3,(H2,23,26). The Morgan fingerprint density at radius 3 is 2.39 bits per heavy atom. The molecule has 0 radical (unpaired) electrons. The van der Waals surface area contributed by atoms with Crippen LogP contribution in [0.5, 0.6) is 0 Å². The second kappa shape index (κ2) is 8.76. The number of carbonyl (C=O) groups excluding carboxylic acids is 3. The van der Waals surface area contributed by atoms with E-state index in [4.69, 9.17) is 5.73 Å². The van der Waals surface area contributed by atoms with Gasteiger partial charge in [0.15, 0.2) is 0 Å². The SMILES string of the molecule is Cc1cc(C)cc(C(=O)N2CCCCC2C(=O)N2CCCC(CC(N)=O)C2)c1. The van der Waals surface area contributed by atoms with Crippen LogP contribution >= 0.6 is 0 Å². The van der Waals surface area contributed by atoms with Crippen molar-refractivity contribution in [1.29, 1.82) is 0 Å². The molecule has 2 atom stereocenters. The van der Waals surface area contributed by atoms with Crippen molar-refractivity contribution in [2.24, 2.45) is 11.7 Å². The summed E-state index contributed by atoms with van der Waals surface area (Å²) in [6.45, 7) is 5.82. The fourth-order valence-corrected chi connectivity index (χ4v) is 4.62. The topological polar surface area (TPSA) is 83.7 Å². The van der Waals surface area contributed by atoms with E-state index in [9.17, 15) is 14.4 Å². The number of rotatable bonds is 4. The molecule has 2 fully saturated rings. The van der Waals surface area contributed by atoms with Gasteiger partial charge in [0.05, 0.1) is 0 Å². The first-order valence-corrected chi connectivity index (χ1v) is 10.3. The van der Waals surface area contributed by atoms with E-state index in [1.165, 1.54) is 0 Å². The minimum Gasteiger partial charge on any atom is -0.370 e. The zero-order valence-corrected chi connectivity index (χ0v) is 16.9. The van der Waals surface area contributed by atoms with Gasteiger partial charge < -0.3 is 15.5 Å². The van der Waals surface area contributed by atoms with Crippen LogP contribution in [0.1, 0.15) is 60.0 Å². The highest BCUT2D eigenvalue weighted by molar-refractivity contribution is 5.98. The van der Waals surface area contributed by atoms with E-state index in [0.717, 1.165) is 36.8 Å². The molecular weight excluding hydrogens is 354 g/mol. The van der Waals surface area contributed by atoms with Crippen molar-refractivity contribution in [2.45, 2.75) is 58.4 Å². The summed E-state index contributed by atoms with van der Waals surface area (Å²) < 4.78 is 0. The molecule has 6 nitrogen and oxygen atoms in total. The molecule has 0 aliphatic carbocycles.